The second-order valence-electron chi connectivity index (χ2n) is 8.46. The Hall–Kier alpha value is -4.04. The number of nitrogens with one attached hydrogen (secondary N) is 2. The Bertz CT molecular complexity index is 1150. The van der Waals surface area contributed by atoms with Crippen molar-refractivity contribution in [1.82, 2.24) is 10.3 Å². The van der Waals surface area contributed by atoms with Gasteiger partial charge in [0.25, 0.3) is 0 Å². The summed E-state index contributed by atoms with van der Waals surface area (Å²) in [6.07, 6.45) is 1.44. The third kappa shape index (κ3) is 7.48. The molecule has 0 aliphatic carbocycles. The molecule has 0 saturated heterocycles. The van der Waals surface area contributed by atoms with Crippen LogP contribution >= 0.6 is 0 Å². The fourth-order valence-corrected chi connectivity index (χ4v) is 3.66. The van der Waals surface area contributed by atoms with Gasteiger partial charge in [-0.2, -0.15) is 0 Å². The summed E-state index contributed by atoms with van der Waals surface area (Å²) in [7, 11) is 1.56. The Morgan fingerprint density at radius 2 is 1.58 bits per heavy atom. The van der Waals surface area contributed by atoms with Crippen molar-refractivity contribution in [1.29, 1.82) is 0 Å². The van der Waals surface area contributed by atoms with Gasteiger partial charge in [-0.3, -0.25) is 19.3 Å². The Balaban J connectivity index is 1.89. The number of methoxy groups -OCH3 is 1. The zero-order valence-electron chi connectivity index (χ0n) is 20.9. The number of hydrogen-bond acceptors (Lipinski definition) is 5. The third-order valence-corrected chi connectivity index (χ3v) is 5.58. The number of anilines is 2. The molecule has 3 aromatic rings. The standard InChI is InChI=1S/C28H32N4O4/c1-20-7-11-22(12-8-20)27(28(35)30-18-19-36-3)32(23-13-9-21(2)10-14-23)26(34)16-15-25(33)31-24-6-4-5-17-29-24/h4-14,17,27H,15-16,18-19H2,1-3H3,(H,30,35)(H,29,31,33)/t27-/m0/s1. The third-order valence-electron chi connectivity index (χ3n) is 5.58. The van der Waals surface area contributed by atoms with Crippen LogP contribution in [-0.2, 0) is 19.1 Å². The van der Waals surface area contributed by atoms with Gasteiger partial charge in [-0.25, -0.2) is 4.98 Å². The number of pyridine rings is 1. The number of amides is 3. The lowest BCUT2D eigenvalue weighted by Gasteiger charge is -2.32. The molecule has 3 rings (SSSR count). The maximum Gasteiger partial charge on any atom is 0.247 e. The van der Waals surface area contributed by atoms with E-state index in [1.165, 1.54) is 4.90 Å². The van der Waals surface area contributed by atoms with Crippen LogP contribution in [0.5, 0.6) is 0 Å². The van der Waals surface area contributed by atoms with E-state index < -0.39 is 6.04 Å². The average molecular weight is 489 g/mol. The van der Waals surface area contributed by atoms with E-state index in [-0.39, 0.29) is 30.6 Å². The van der Waals surface area contributed by atoms with Gasteiger partial charge in [-0.15, -0.1) is 0 Å². The Morgan fingerprint density at radius 1 is 0.917 bits per heavy atom. The van der Waals surface area contributed by atoms with E-state index in [0.29, 0.717) is 30.2 Å². The molecule has 2 aromatic carbocycles. The van der Waals surface area contributed by atoms with Gasteiger partial charge >= 0.3 is 0 Å². The maximum absolute atomic E-state index is 13.6. The summed E-state index contributed by atoms with van der Waals surface area (Å²) in [6.45, 7) is 4.56. The molecule has 36 heavy (non-hydrogen) atoms. The minimum atomic E-state index is -0.920. The molecule has 8 heteroatoms. The van der Waals surface area contributed by atoms with Gasteiger partial charge in [0.1, 0.15) is 11.9 Å². The van der Waals surface area contributed by atoms with Crippen LogP contribution in [0.15, 0.2) is 72.9 Å². The van der Waals surface area contributed by atoms with Crippen LogP contribution in [0.4, 0.5) is 11.5 Å². The van der Waals surface area contributed by atoms with Gasteiger partial charge in [0.05, 0.1) is 6.61 Å². The molecule has 1 heterocycles. The van der Waals surface area contributed by atoms with Crippen molar-refractivity contribution in [2.24, 2.45) is 0 Å². The number of hydrogen-bond donors (Lipinski definition) is 2. The van der Waals surface area contributed by atoms with Gasteiger partial charge in [0, 0.05) is 38.4 Å². The molecule has 3 amide bonds. The maximum atomic E-state index is 13.6. The number of benzene rings is 2. The van der Waals surface area contributed by atoms with Crippen LogP contribution in [0.3, 0.4) is 0 Å². The molecule has 0 aliphatic rings. The lowest BCUT2D eigenvalue weighted by Crippen LogP contribution is -2.45. The lowest BCUT2D eigenvalue weighted by molar-refractivity contribution is -0.127. The summed E-state index contributed by atoms with van der Waals surface area (Å²) >= 11 is 0. The van der Waals surface area contributed by atoms with Gasteiger partial charge in [-0.1, -0.05) is 53.6 Å². The summed E-state index contributed by atoms with van der Waals surface area (Å²) in [4.78, 5) is 45.1. The molecule has 0 spiro atoms. The van der Waals surface area contributed by atoms with E-state index in [2.05, 4.69) is 15.6 Å². The first-order valence-corrected chi connectivity index (χ1v) is 11.8. The highest BCUT2D eigenvalue weighted by Crippen LogP contribution is 2.29. The first-order chi connectivity index (χ1) is 17.4. The topological polar surface area (TPSA) is 101 Å². The zero-order chi connectivity index (χ0) is 25.9. The highest BCUT2D eigenvalue weighted by atomic mass is 16.5. The number of aromatic nitrogens is 1. The predicted molar refractivity (Wildman–Crippen MR) is 140 cm³/mol. The molecule has 8 nitrogen and oxygen atoms in total. The van der Waals surface area contributed by atoms with E-state index in [1.807, 2.05) is 62.4 Å². The van der Waals surface area contributed by atoms with Crippen LogP contribution in [0, 0.1) is 13.8 Å². The summed E-state index contributed by atoms with van der Waals surface area (Å²) in [5, 5.41) is 5.56. The van der Waals surface area contributed by atoms with Crippen molar-refractivity contribution in [3.05, 3.63) is 89.6 Å². The number of carbonyl (C=O) groups excluding carboxylic acids is 3. The number of carbonyl (C=O) groups is 3. The summed E-state index contributed by atoms with van der Waals surface area (Å²) < 4.78 is 5.07. The van der Waals surface area contributed by atoms with E-state index in [1.54, 1.807) is 31.5 Å². The Kier molecular flexibility index (Phi) is 9.71. The normalized spacial score (nSPS) is 11.4. The average Bonchev–Trinajstić information content (AvgIpc) is 2.88. The van der Waals surface area contributed by atoms with E-state index >= 15 is 0 Å². The van der Waals surface area contributed by atoms with E-state index in [4.69, 9.17) is 4.74 Å². The fraction of sp³-hybridized carbons (Fsp3) is 0.286. The van der Waals surface area contributed by atoms with E-state index in [0.717, 1.165) is 11.1 Å². The molecule has 0 bridgehead atoms. The van der Waals surface area contributed by atoms with Crippen molar-refractivity contribution in [2.75, 3.05) is 30.5 Å². The first kappa shape index (κ1) is 26.6. The number of nitrogens with zero attached hydrogens (tertiary/aromatic N) is 2. The Labute approximate surface area is 211 Å². The summed E-state index contributed by atoms with van der Waals surface area (Å²) in [5.74, 6) is -0.590. The van der Waals surface area contributed by atoms with Gasteiger partial charge in [0.15, 0.2) is 0 Å². The zero-order valence-corrected chi connectivity index (χ0v) is 20.9. The number of ether oxygens (including phenoxy) is 1. The highest BCUT2D eigenvalue weighted by molar-refractivity contribution is 6.03. The van der Waals surface area contributed by atoms with Crippen LogP contribution in [0.1, 0.15) is 35.6 Å². The second kappa shape index (κ2) is 13.2. The van der Waals surface area contributed by atoms with Crippen molar-refractivity contribution in [3.8, 4) is 0 Å². The monoisotopic (exact) mass is 488 g/mol. The van der Waals surface area contributed by atoms with Crippen molar-refractivity contribution in [2.45, 2.75) is 32.7 Å². The molecule has 0 saturated carbocycles. The highest BCUT2D eigenvalue weighted by Gasteiger charge is 2.32. The van der Waals surface area contributed by atoms with Gasteiger partial charge in [-0.05, 0) is 43.7 Å². The van der Waals surface area contributed by atoms with Crippen molar-refractivity contribution < 1.29 is 19.1 Å². The van der Waals surface area contributed by atoms with Gasteiger partial charge < -0.3 is 15.4 Å². The minimum Gasteiger partial charge on any atom is -0.383 e. The molecular formula is C28H32N4O4. The molecule has 1 aromatic heterocycles. The predicted octanol–water partition coefficient (Wildman–Crippen LogP) is 3.95. The fourth-order valence-electron chi connectivity index (χ4n) is 3.66. The quantitative estimate of drug-likeness (QED) is 0.398. The lowest BCUT2D eigenvalue weighted by atomic mass is 10.0. The molecule has 0 fully saturated rings. The van der Waals surface area contributed by atoms with Crippen LogP contribution in [-0.4, -0.2) is 43.0 Å². The summed E-state index contributed by atoms with van der Waals surface area (Å²) in [5.41, 5.74) is 3.31. The molecule has 0 aliphatic heterocycles. The SMILES string of the molecule is COCCNC(=O)[C@H](c1ccc(C)cc1)N(C(=O)CCC(=O)Nc1ccccn1)c1ccc(C)cc1. The number of aryl methyl sites for hydroxylation is 2. The second-order valence-corrected chi connectivity index (χ2v) is 8.46. The van der Waals surface area contributed by atoms with Gasteiger partial charge in [0.2, 0.25) is 17.7 Å². The molecule has 1 atom stereocenters. The molecule has 2 N–H and O–H groups in total. The molecular weight excluding hydrogens is 456 g/mol. The first-order valence-electron chi connectivity index (χ1n) is 11.8. The molecule has 0 radical (unpaired) electrons. The van der Waals surface area contributed by atoms with Crippen molar-refractivity contribution in [3.63, 3.8) is 0 Å². The van der Waals surface area contributed by atoms with Crippen molar-refractivity contribution >= 4 is 29.2 Å². The van der Waals surface area contributed by atoms with Crippen LogP contribution in [0.2, 0.25) is 0 Å². The van der Waals surface area contributed by atoms with Crippen LogP contribution < -0.4 is 15.5 Å². The minimum absolute atomic E-state index is 0.0519. The number of rotatable bonds is 11. The Morgan fingerprint density at radius 3 is 2.19 bits per heavy atom. The van der Waals surface area contributed by atoms with Crippen LogP contribution in [0.25, 0.3) is 0 Å². The smallest absolute Gasteiger partial charge is 0.247 e. The molecule has 0 unspecified atom stereocenters. The van der Waals surface area contributed by atoms with E-state index in [9.17, 15) is 14.4 Å². The largest absolute Gasteiger partial charge is 0.383 e. The molecule has 188 valence electrons. The summed E-state index contributed by atoms with van der Waals surface area (Å²) in [6, 6.07) is 19.2.